The van der Waals surface area contributed by atoms with E-state index in [1.807, 2.05) is 0 Å². The minimum Gasteiger partial charge on any atom is -0.497 e. The maximum Gasteiger partial charge on any atom is 0.255 e. The molecule has 0 heterocycles. The maximum absolute atomic E-state index is 12.9. The van der Waals surface area contributed by atoms with Gasteiger partial charge in [0, 0.05) is 12.6 Å². The molecule has 23 heavy (non-hydrogen) atoms. The molecule has 1 amide bonds. The van der Waals surface area contributed by atoms with Gasteiger partial charge in [-0.25, -0.2) is 4.39 Å². The molecule has 0 saturated carbocycles. The molecule has 0 spiro atoms. The summed E-state index contributed by atoms with van der Waals surface area (Å²) in [5.74, 6) is 0.182. The summed E-state index contributed by atoms with van der Waals surface area (Å²) in [6, 6.07) is 10.3. The second-order valence-corrected chi connectivity index (χ2v) is 4.84. The number of carbonyl (C=O) groups is 1. The number of methoxy groups -OCH3 is 2. The number of aliphatic hydroxyl groups excluding tert-OH is 1. The van der Waals surface area contributed by atoms with Crippen molar-refractivity contribution < 1.29 is 23.8 Å². The van der Waals surface area contributed by atoms with Crippen molar-refractivity contribution in [2.24, 2.45) is 0 Å². The predicted octanol–water partition coefficient (Wildman–Crippen LogP) is 2.31. The topological polar surface area (TPSA) is 67.8 Å². The van der Waals surface area contributed by atoms with Gasteiger partial charge in [0.15, 0.2) is 0 Å². The molecule has 0 aliphatic rings. The molecule has 2 aromatic rings. The number of benzene rings is 2. The molecule has 2 rings (SSSR count). The summed E-state index contributed by atoms with van der Waals surface area (Å²) in [7, 11) is 2.98. The van der Waals surface area contributed by atoms with Crippen LogP contribution in [0.1, 0.15) is 22.0 Å². The van der Waals surface area contributed by atoms with Crippen molar-refractivity contribution in [1.82, 2.24) is 5.32 Å². The monoisotopic (exact) mass is 319 g/mol. The van der Waals surface area contributed by atoms with Crippen LogP contribution in [0.25, 0.3) is 0 Å². The zero-order chi connectivity index (χ0) is 16.8. The number of ether oxygens (including phenoxy) is 2. The average molecular weight is 319 g/mol. The second-order valence-electron chi connectivity index (χ2n) is 4.84. The molecule has 0 aliphatic carbocycles. The summed E-state index contributed by atoms with van der Waals surface area (Å²) in [6.45, 7) is -0.000348. The van der Waals surface area contributed by atoms with Gasteiger partial charge in [0.25, 0.3) is 5.91 Å². The van der Waals surface area contributed by atoms with Gasteiger partial charge in [-0.05, 0) is 29.8 Å². The Balaban J connectivity index is 2.03. The summed E-state index contributed by atoms with van der Waals surface area (Å²) < 4.78 is 23.1. The molecular formula is C17H18FNO4. The Hall–Kier alpha value is -2.60. The Morgan fingerprint density at radius 1 is 1.17 bits per heavy atom. The molecule has 0 aliphatic heterocycles. The second kappa shape index (κ2) is 7.60. The number of amides is 1. The molecule has 0 aromatic heterocycles. The number of nitrogens with one attached hydrogen (secondary N) is 1. The Morgan fingerprint density at radius 3 is 2.48 bits per heavy atom. The third kappa shape index (κ3) is 4.20. The molecular weight excluding hydrogens is 301 g/mol. The van der Waals surface area contributed by atoms with E-state index in [2.05, 4.69) is 5.32 Å². The first-order chi connectivity index (χ1) is 11.0. The highest BCUT2D eigenvalue weighted by Gasteiger charge is 2.15. The molecule has 1 unspecified atom stereocenters. The van der Waals surface area contributed by atoms with Crippen LogP contribution >= 0.6 is 0 Å². The van der Waals surface area contributed by atoms with Crippen molar-refractivity contribution in [2.45, 2.75) is 6.10 Å². The summed E-state index contributed by atoms with van der Waals surface area (Å²) >= 11 is 0. The van der Waals surface area contributed by atoms with Crippen LogP contribution in [0.5, 0.6) is 11.5 Å². The highest BCUT2D eigenvalue weighted by atomic mass is 19.1. The average Bonchev–Trinajstić information content (AvgIpc) is 2.59. The third-order valence-electron chi connectivity index (χ3n) is 3.36. The van der Waals surface area contributed by atoms with Gasteiger partial charge in [0.1, 0.15) is 17.3 Å². The molecule has 122 valence electrons. The van der Waals surface area contributed by atoms with Gasteiger partial charge in [0.05, 0.1) is 25.9 Å². The quantitative estimate of drug-likeness (QED) is 0.857. The summed E-state index contributed by atoms with van der Waals surface area (Å²) in [5, 5.41) is 12.6. The van der Waals surface area contributed by atoms with Crippen LogP contribution in [0, 0.1) is 5.82 Å². The van der Waals surface area contributed by atoms with Crippen LogP contribution < -0.4 is 14.8 Å². The zero-order valence-electron chi connectivity index (χ0n) is 12.9. The van der Waals surface area contributed by atoms with Gasteiger partial charge in [0.2, 0.25) is 0 Å². The van der Waals surface area contributed by atoms with Crippen molar-refractivity contribution in [3.05, 3.63) is 59.4 Å². The van der Waals surface area contributed by atoms with Crippen molar-refractivity contribution in [3.8, 4) is 11.5 Å². The van der Waals surface area contributed by atoms with E-state index < -0.39 is 6.10 Å². The Labute approximate surface area is 133 Å². The molecule has 6 heteroatoms. The molecule has 0 saturated heterocycles. The Bertz CT molecular complexity index is 673. The van der Waals surface area contributed by atoms with Crippen LogP contribution in [-0.2, 0) is 0 Å². The van der Waals surface area contributed by atoms with Gasteiger partial charge in [-0.3, -0.25) is 4.79 Å². The van der Waals surface area contributed by atoms with Gasteiger partial charge in [-0.2, -0.15) is 0 Å². The molecule has 5 nitrogen and oxygen atoms in total. The van der Waals surface area contributed by atoms with Gasteiger partial charge in [-0.15, -0.1) is 0 Å². The van der Waals surface area contributed by atoms with E-state index in [1.54, 1.807) is 18.2 Å². The number of hydrogen-bond donors (Lipinski definition) is 2. The van der Waals surface area contributed by atoms with Crippen molar-refractivity contribution >= 4 is 5.91 Å². The zero-order valence-corrected chi connectivity index (χ0v) is 12.9. The standard InChI is InChI=1S/C17H18FNO4/c1-22-13-7-8-14(16(9-13)23-2)17(21)19-10-15(20)11-3-5-12(18)6-4-11/h3-9,15,20H,10H2,1-2H3,(H,19,21). The highest BCUT2D eigenvalue weighted by Crippen LogP contribution is 2.24. The molecule has 0 bridgehead atoms. The van der Waals surface area contributed by atoms with Gasteiger partial charge >= 0.3 is 0 Å². The van der Waals surface area contributed by atoms with Crippen molar-refractivity contribution in [2.75, 3.05) is 20.8 Å². The number of halogens is 1. The van der Waals surface area contributed by atoms with E-state index in [-0.39, 0.29) is 18.3 Å². The Kier molecular flexibility index (Phi) is 5.54. The summed E-state index contributed by atoms with van der Waals surface area (Å²) in [6.07, 6.45) is -0.927. The van der Waals surface area contributed by atoms with Crippen LogP contribution in [0.4, 0.5) is 4.39 Å². The minimum atomic E-state index is -0.927. The largest absolute Gasteiger partial charge is 0.497 e. The van der Waals surface area contributed by atoms with Crippen molar-refractivity contribution in [3.63, 3.8) is 0 Å². The van der Waals surface area contributed by atoms with Crippen molar-refractivity contribution in [1.29, 1.82) is 0 Å². The van der Waals surface area contributed by atoms with E-state index >= 15 is 0 Å². The van der Waals surface area contributed by atoms with Crippen LogP contribution in [0.3, 0.4) is 0 Å². The van der Waals surface area contributed by atoms with Crippen LogP contribution in [0.15, 0.2) is 42.5 Å². The fourth-order valence-corrected chi connectivity index (χ4v) is 2.07. The first-order valence-electron chi connectivity index (χ1n) is 6.99. The van der Waals surface area contributed by atoms with E-state index in [0.717, 1.165) is 0 Å². The van der Waals surface area contributed by atoms with Crippen LogP contribution in [-0.4, -0.2) is 31.8 Å². The fraction of sp³-hybridized carbons (Fsp3) is 0.235. The van der Waals surface area contributed by atoms with Gasteiger partial charge < -0.3 is 19.9 Å². The first kappa shape index (κ1) is 16.8. The molecule has 0 fully saturated rings. The number of carbonyl (C=O) groups excluding carboxylic acids is 1. The lowest BCUT2D eigenvalue weighted by atomic mass is 10.1. The number of aliphatic hydroxyl groups is 1. The lowest BCUT2D eigenvalue weighted by Crippen LogP contribution is -2.28. The molecule has 2 aromatic carbocycles. The predicted molar refractivity (Wildman–Crippen MR) is 83.2 cm³/mol. The molecule has 2 N–H and O–H groups in total. The minimum absolute atomic E-state index is 0.000348. The maximum atomic E-state index is 12.9. The third-order valence-corrected chi connectivity index (χ3v) is 3.36. The number of hydrogen-bond acceptors (Lipinski definition) is 4. The van der Waals surface area contributed by atoms with E-state index in [1.165, 1.54) is 38.5 Å². The van der Waals surface area contributed by atoms with E-state index in [0.29, 0.717) is 22.6 Å². The highest BCUT2D eigenvalue weighted by molar-refractivity contribution is 5.97. The lowest BCUT2D eigenvalue weighted by molar-refractivity contribution is 0.0913. The van der Waals surface area contributed by atoms with Gasteiger partial charge in [-0.1, -0.05) is 12.1 Å². The summed E-state index contributed by atoms with van der Waals surface area (Å²) in [4.78, 5) is 12.2. The summed E-state index contributed by atoms with van der Waals surface area (Å²) in [5.41, 5.74) is 0.855. The number of rotatable bonds is 6. The molecule has 1 atom stereocenters. The lowest BCUT2D eigenvalue weighted by Gasteiger charge is -2.14. The fourth-order valence-electron chi connectivity index (χ4n) is 2.07. The normalized spacial score (nSPS) is 11.7. The Morgan fingerprint density at radius 2 is 1.87 bits per heavy atom. The SMILES string of the molecule is COc1ccc(C(=O)NCC(O)c2ccc(F)cc2)c(OC)c1. The molecule has 0 radical (unpaired) electrons. The van der Waals surface area contributed by atoms with Crippen LogP contribution in [0.2, 0.25) is 0 Å². The van der Waals surface area contributed by atoms with E-state index in [4.69, 9.17) is 9.47 Å². The smallest absolute Gasteiger partial charge is 0.255 e. The van der Waals surface area contributed by atoms with E-state index in [9.17, 15) is 14.3 Å². The first-order valence-corrected chi connectivity index (χ1v) is 6.99.